The van der Waals surface area contributed by atoms with Crippen molar-refractivity contribution in [2.75, 3.05) is 13.1 Å². The van der Waals surface area contributed by atoms with E-state index in [-0.39, 0.29) is 5.91 Å². The fourth-order valence-electron chi connectivity index (χ4n) is 2.16. The van der Waals surface area contributed by atoms with Crippen molar-refractivity contribution in [2.24, 2.45) is 0 Å². The van der Waals surface area contributed by atoms with Crippen LogP contribution in [0, 0.1) is 0 Å². The van der Waals surface area contributed by atoms with Gasteiger partial charge in [0.05, 0.1) is 0 Å². The summed E-state index contributed by atoms with van der Waals surface area (Å²) in [5.74, 6) is 0.143. The number of aromatic nitrogens is 2. The number of amides is 1. The van der Waals surface area contributed by atoms with Crippen molar-refractivity contribution < 1.29 is 4.79 Å². The van der Waals surface area contributed by atoms with Gasteiger partial charge in [-0.25, -0.2) is 0 Å². The van der Waals surface area contributed by atoms with E-state index in [9.17, 15) is 4.79 Å². The van der Waals surface area contributed by atoms with Crippen molar-refractivity contribution in [3.8, 4) is 0 Å². The van der Waals surface area contributed by atoms with E-state index >= 15 is 0 Å². The van der Waals surface area contributed by atoms with E-state index in [4.69, 9.17) is 0 Å². The lowest BCUT2D eigenvalue weighted by molar-refractivity contribution is -0.133. The van der Waals surface area contributed by atoms with E-state index in [0.717, 1.165) is 13.1 Å². The number of carbonyl (C=O) groups excluding carboxylic acids is 1. The van der Waals surface area contributed by atoms with Crippen molar-refractivity contribution >= 4 is 5.91 Å². The van der Waals surface area contributed by atoms with E-state index < -0.39 is 0 Å². The molecule has 2 unspecified atom stereocenters. The molecule has 5 heteroatoms. The van der Waals surface area contributed by atoms with E-state index in [0.29, 0.717) is 18.6 Å². The first-order chi connectivity index (χ1) is 7.65. The van der Waals surface area contributed by atoms with Gasteiger partial charge in [0, 0.05) is 37.6 Å². The Balaban J connectivity index is 1.94. The first-order valence-corrected chi connectivity index (χ1v) is 5.66. The molecule has 16 heavy (non-hydrogen) atoms. The largest absolute Gasteiger partial charge is 0.338 e. The van der Waals surface area contributed by atoms with Gasteiger partial charge in [0.25, 0.3) is 0 Å². The first kappa shape index (κ1) is 11.1. The summed E-state index contributed by atoms with van der Waals surface area (Å²) in [6.07, 6.45) is 3.50. The minimum absolute atomic E-state index is 0.143. The average Bonchev–Trinajstić information content (AvgIpc) is 2.68. The number of hydrogen-bond donors (Lipinski definition) is 1. The Bertz CT molecular complexity index is 339. The van der Waals surface area contributed by atoms with Crippen molar-refractivity contribution in [1.29, 1.82) is 0 Å². The van der Waals surface area contributed by atoms with Gasteiger partial charge in [-0.2, -0.15) is 5.10 Å². The Morgan fingerprint density at radius 1 is 1.44 bits per heavy atom. The Morgan fingerprint density at radius 3 is 2.69 bits per heavy atom. The van der Waals surface area contributed by atoms with Gasteiger partial charge in [-0.15, -0.1) is 0 Å². The molecule has 1 aromatic rings. The molecule has 0 radical (unpaired) electrons. The molecule has 1 N–H and O–H groups in total. The lowest BCUT2D eigenvalue weighted by Crippen LogP contribution is -2.56. The van der Waals surface area contributed by atoms with Crippen LogP contribution in [0.15, 0.2) is 18.5 Å². The fraction of sp³-hybridized carbons (Fsp3) is 0.636. The second kappa shape index (κ2) is 4.65. The molecule has 1 aliphatic heterocycles. The molecular formula is C11H18N4O. The first-order valence-electron chi connectivity index (χ1n) is 5.66. The minimum Gasteiger partial charge on any atom is -0.338 e. The highest BCUT2D eigenvalue weighted by atomic mass is 16.2. The Labute approximate surface area is 95.4 Å². The predicted octanol–water partition coefficient (Wildman–Crippen LogP) is 0.0919. The second-order valence-corrected chi connectivity index (χ2v) is 4.47. The molecule has 1 aromatic heterocycles. The zero-order valence-corrected chi connectivity index (χ0v) is 9.76. The highest BCUT2D eigenvalue weighted by Crippen LogP contribution is 2.05. The third-order valence-electron chi connectivity index (χ3n) is 2.77. The molecule has 0 aromatic carbocycles. The van der Waals surface area contributed by atoms with Gasteiger partial charge >= 0.3 is 0 Å². The molecule has 2 rings (SSSR count). The van der Waals surface area contributed by atoms with Gasteiger partial charge in [0.2, 0.25) is 5.91 Å². The Kier molecular flexibility index (Phi) is 3.24. The summed E-state index contributed by atoms with van der Waals surface area (Å²) in [5, 5.41) is 7.45. The van der Waals surface area contributed by atoms with Gasteiger partial charge in [-0.3, -0.25) is 9.48 Å². The monoisotopic (exact) mass is 222 g/mol. The molecule has 88 valence electrons. The number of nitrogens with zero attached hydrogens (tertiary/aromatic N) is 3. The summed E-state index contributed by atoms with van der Waals surface area (Å²) < 4.78 is 1.67. The molecule has 1 aliphatic rings. The number of piperazine rings is 1. The van der Waals surface area contributed by atoms with Crippen LogP contribution in [-0.2, 0) is 11.3 Å². The van der Waals surface area contributed by atoms with Gasteiger partial charge < -0.3 is 10.2 Å². The smallest absolute Gasteiger partial charge is 0.244 e. The summed E-state index contributed by atoms with van der Waals surface area (Å²) in [5.41, 5.74) is 0. The summed E-state index contributed by atoms with van der Waals surface area (Å²) >= 11 is 0. The predicted molar refractivity (Wildman–Crippen MR) is 60.9 cm³/mol. The SMILES string of the molecule is CC1CN(C(=O)Cn2cccn2)CC(C)N1. The highest BCUT2D eigenvalue weighted by Gasteiger charge is 2.24. The molecule has 5 nitrogen and oxygen atoms in total. The van der Waals surface area contributed by atoms with E-state index in [1.807, 2.05) is 17.2 Å². The molecule has 1 amide bonds. The third-order valence-corrected chi connectivity index (χ3v) is 2.77. The van der Waals surface area contributed by atoms with Gasteiger partial charge in [-0.05, 0) is 19.9 Å². The molecule has 0 bridgehead atoms. The van der Waals surface area contributed by atoms with Crippen LogP contribution in [0.3, 0.4) is 0 Å². The third kappa shape index (κ3) is 2.61. The lowest BCUT2D eigenvalue weighted by Gasteiger charge is -2.36. The molecule has 1 saturated heterocycles. The van der Waals surface area contributed by atoms with Gasteiger partial charge in [0.1, 0.15) is 6.54 Å². The zero-order chi connectivity index (χ0) is 11.5. The maximum atomic E-state index is 12.0. The molecule has 0 saturated carbocycles. The molecular weight excluding hydrogens is 204 g/mol. The summed E-state index contributed by atoms with van der Waals surface area (Å²) in [7, 11) is 0. The molecule has 2 atom stereocenters. The van der Waals surface area contributed by atoms with Crippen LogP contribution in [0.1, 0.15) is 13.8 Å². The van der Waals surface area contributed by atoms with Crippen LogP contribution in [0.25, 0.3) is 0 Å². The van der Waals surface area contributed by atoms with Crippen LogP contribution in [0.4, 0.5) is 0 Å². The van der Waals surface area contributed by atoms with Crippen LogP contribution in [0.5, 0.6) is 0 Å². The summed E-state index contributed by atoms with van der Waals surface area (Å²) in [6.45, 7) is 6.11. The Hall–Kier alpha value is -1.36. The number of carbonyl (C=O) groups is 1. The maximum Gasteiger partial charge on any atom is 0.244 e. The topological polar surface area (TPSA) is 50.2 Å². The molecule has 0 spiro atoms. The van der Waals surface area contributed by atoms with E-state index in [2.05, 4.69) is 24.3 Å². The summed E-state index contributed by atoms with van der Waals surface area (Å²) in [6, 6.07) is 2.56. The second-order valence-electron chi connectivity index (χ2n) is 4.47. The van der Waals surface area contributed by atoms with E-state index in [1.165, 1.54) is 0 Å². The molecule has 0 aliphatic carbocycles. The average molecular weight is 222 g/mol. The quantitative estimate of drug-likeness (QED) is 0.771. The fourth-order valence-corrected chi connectivity index (χ4v) is 2.16. The minimum atomic E-state index is 0.143. The summed E-state index contributed by atoms with van der Waals surface area (Å²) in [4.78, 5) is 13.9. The Morgan fingerprint density at radius 2 is 2.12 bits per heavy atom. The van der Waals surface area contributed by atoms with Crippen molar-refractivity contribution in [1.82, 2.24) is 20.0 Å². The van der Waals surface area contributed by atoms with Crippen molar-refractivity contribution in [3.63, 3.8) is 0 Å². The standard InChI is InChI=1S/C11H18N4O/c1-9-6-14(7-10(2)13-9)11(16)8-15-5-3-4-12-15/h3-5,9-10,13H,6-8H2,1-2H3. The normalized spacial score (nSPS) is 25.8. The molecule has 1 fully saturated rings. The van der Waals surface area contributed by atoms with E-state index in [1.54, 1.807) is 10.9 Å². The molecule has 2 heterocycles. The van der Waals surface area contributed by atoms with Crippen LogP contribution in [-0.4, -0.2) is 45.8 Å². The van der Waals surface area contributed by atoms with Gasteiger partial charge in [0.15, 0.2) is 0 Å². The maximum absolute atomic E-state index is 12.0. The van der Waals surface area contributed by atoms with Gasteiger partial charge in [-0.1, -0.05) is 0 Å². The number of hydrogen-bond acceptors (Lipinski definition) is 3. The van der Waals surface area contributed by atoms with Crippen LogP contribution >= 0.6 is 0 Å². The van der Waals surface area contributed by atoms with Crippen LogP contribution in [0.2, 0.25) is 0 Å². The zero-order valence-electron chi connectivity index (χ0n) is 9.76. The highest BCUT2D eigenvalue weighted by molar-refractivity contribution is 5.76. The van der Waals surface area contributed by atoms with Crippen LogP contribution < -0.4 is 5.32 Å². The number of nitrogens with one attached hydrogen (secondary N) is 1. The number of rotatable bonds is 2. The van der Waals surface area contributed by atoms with Crippen molar-refractivity contribution in [3.05, 3.63) is 18.5 Å². The lowest BCUT2D eigenvalue weighted by atomic mass is 10.1. The van der Waals surface area contributed by atoms with Crippen molar-refractivity contribution in [2.45, 2.75) is 32.5 Å².